The van der Waals surface area contributed by atoms with Crippen molar-refractivity contribution in [3.8, 4) is 0 Å². The van der Waals surface area contributed by atoms with E-state index >= 15 is 0 Å². The van der Waals surface area contributed by atoms with E-state index in [4.69, 9.17) is 22.1 Å². The van der Waals surface area contributed by atoms with Crippen LogP contribution in [0, 0.1) is 0 Å². The molecule has 16 heteroatoms. The smallest absolute Gasteiger partial charge is 0.411 e. The molecule has 0 aromatic heterocycles. The molecule has 0 saturated heterocycles. The maximum Gasteiger partial charge on any atom is 0.411 e. The number of amides is 8. The molecule has 262 valence electrons. The van der Waals surface area contributed by atoms with E-state index in [0.29, 0.717) is 48.5 Å². The quantitative estimate of drug-likeness (QED) is 0.0727. The van der Waals surface area contributed by atoms with Gasteiger partial charge in [0.1, 0.15) is 12.6 Å². The lowest BCUT2D eigenvalue weighted by atomic mass is 10.1. The van der Waals surface area contributed by atoms with Crippen LogP contribution in [0.1, 0.15) is 49.7 Å². The fourth-order valence-corrected chi connectivity index (χ4v) is 4.75. The van der Waals surface area contributed by atoms with Gasteiger partial charge in [-0.2, -0.15) is 0 Å². The number of benzene rings is 2. The Kier molecular flexibility index (Phi) is 15.5. The first-order valence-corrected chi connectivity index (χ1v) is 16.2. The molecular formula is C33H40ClN7O8. The molecule has 0 fully saturated rings. The number of primary amides is 1. The molecule has 2 aromatic carbocycles. The third-order valence-electron chi connectivity index (χ3n) is 7.20. The van der Waals surface area contributed by atoms with Gasteiger partial charge in [-0.1, -0.05) is 30.7 Å². The number of nitrogens with one attached hydrogen (secondary N) is 5. The number of hydrogen-bond donors (Lipinski definition) is 6. The molecule has 0 aliphatic carbocycles. The number of anilines is 2. The number of carbonyl (C=O) groups is 7. The maximum absolute atomic E-state index is 13.1. The van der Waals surface area contributed by atoms with Gasteiger partial charge in [-0.3, -0.25) is 34.2 Å². The van der Waals surface area contributed by atoms with Crippen molar-refractivity contribution >= 4 is 64.6 Å². The summed E-state index contributed by atoms with van der Waals surface area (Å²) >= 11 is 5.78. The Morgan fingerprint density at radius 3 is 2.04 bits per heavy atom. The van der Waals surface area contributed by atoms with E-state index < -0.39 is 30.0 Å². The fourth-order valence-electron chi connectivity index (χ4n) is 4.58. The number of nitrogens with two attached hydrogens (primary N) is 1. The molecule has 1 aliphatic heterocycles. The van der Waals surface area contributed by atoms with E-state index in [1.54, 1.807) is 48.5 Å². The largest absolute Gasteiger partial charge is 0.444 e. The van der Waals surface area contributed by atoms with Crippen LogP contribution in [0.15, 0.2) is 60.7 Å². The summed E-state index contributed by atoms with van der Waals surface area (Å²) in [4.78, 5) is 85.4. The third kappa shape index (κ3) is 14.1. The molecule has 7 N–H and O–H groups in total. The minimum Gasteiger partial charge on any atom is -0.444 e. The monoisotopic (exact) mass is 697 g/mol. The van der Waals surface area contributed by atoms with Gasteiger partial charge in [0.15, 0.2) is 0 Å². The van der Waals surface area contributed by atoms with Crippen molar-refractivity contribution in [2.75, 3.05) is 30.3 Å². The number of unbranched alkanes of at least 4 members (excludes halogenated alkanes) is 2. The zero-order valence-corrected chi connectivity index (χ0v) is 27.6. The van der Waals surface area contributed by atoms with Gasteiger partial charge in [-0.05, 0) is 61.1 Å². The van der Waals surface area contributed by atoms with Crippen molar-refractivity contribution in [1.82, 2.24) is 20.9 Å². The first-order valence-electron chi connectivity index (χ1n) is 15.7. The molecule has 1 aliphatic rings. The minimum atomic E-state index is -0.991. The second-order valence-electron chi connectivity index (χ2n) is 11.0. The second-order valence-corrected chi connectivity index (χ2v) is 11.3. The van der Waals surface area contributed by atoms with E-state index in [1.165, 1.54) is 12.2 Å². The van der Waals surface area contributed by atoms with Crippen molar-refractivity contribution in [1.29, 1.82) is 0 Å². The van der Waals surface area contributed by atoms with Crippen LogP contribution in [0.3, 0.4) is 0 Å². The van der Waals surface area contributed by atoms with E-state index in [2.05, 4.69) is 26.6 Å². The summed E-state index contributed by atoms with van der Waals surface area (Å²) < 4.78 is 5.26. The van der Waals surface area contributed by atoms with Gasteiger partial charge in [-0.25, -0.2) is 9.59 Å². The molecule has 2 aromatic rings. The van der Waals surface area contributed by atoms with Crippen LogP contribution in [-0.4, -0.2) is 72.2 Å². The number of halogens is 1. The Morgan fingerprint density at radius 2 is 1.41 bits per heavy atom. The molecule has 0 spiro atoms. The summed E-state index contributed by atoms with van der Waals surface area (Å²) in [7, 11) is 0. The summed E-state index contributed by atoms with van der Waals surface area (Å²) in [5.74, 6) is -1.80. The number of carbonyl (C=O) groups excluding carboxylic acids is 7. The normalized spacial score (nSPS) is 12.6. The van der Waals surface area contributed by atoms with E-state index in [-0.39, 0.29) is 56.8 Å². The summed E-state index contributed by atoms with van der Waals surface area (Å²) in [6.07, 6.45) is 4.09. The van der Waals surface area contributed by atoms with Crippen LogP contribution >= 0.6 is 11.6 Å². The fraction of sp³-hybridized carbons (Fsp3) is 0.364. The lowest BCUT2D eigenvalue weighted by molar-refractivity contribution is -0.137. The van der Waals surface area contributed by atoms with Gasteiger partial charge >= 0.3 is 12.1 Å². The lowest BCUT2D eigenvalue weighted by Crippen LogP contribution is -2.47. The second kappa shape index (κ2) is 20.0. The Hall–Kier alpha value is -5.44. The van der Waals surface area contributed by atoms with Crippen LogP contribution in [0.25, 0.3) is 0 Å². The van der Waals surface area contributed by atoms with Crippen LogP contribution in [0.4, 0.5) is 21.0 Å². The highest BCUT2D eigenvalue weighted by molar-refractivity contribution is 6.17. The lowest BCUT2D eigenvalue weighted by Gasteiger charge is -2.19. The molecule has 0 saturated carbocycles. The first-order chi connectivity index (χ1) is 23.5. The van der Waals surface area contributed by atoms with Crippen molar-refractivity contribution in [2.45, 2.75) is 57.1 Å². The van der Waals surface area contributed by atoms with Crippen LogP contribution < -0.4 is 32.3 Å². The van der Waals surface area contributed by atoms with Gasteiger partial charge < -0.3 is 31.7 Å². The Labute approximate surface area is 288 Å². The van der Waals surface area contributed by atoms with Crippen LogP contribution in [-0.2, 0) is 41.2 Å². The van der Waals surface area contributed by atoms with Gasteiger partial charge in [0.2, 0.25) is 17.7 Å². The average Bonchev–Trinajstić information content (AvgIpc) is 3.40. The third-order valence-corrected chi connectivity index (χ3v) is 7.51. The first kappa shape index (κ1) is 38.0. The van der Waals surface area contributed by atoms with Crippen molar-refractivity contribution in [3.05, 3.63) is 71.8 Å². The molecule has 8 amide bonds. The summed E-state index contributed by atoms with van der Waals surface area (Å²) in [6.45, 7) is 0.0842. The number of imide groups is 1. The highest BCUT2D eigenvalue weighted by Gasteiger charge is 2.23. The zero-order chi connectivity index (χ0) is 35.6. The zero-order valence-electron chi connectivity index (χ0n) is 26.8. The van der Waals surface area contributed by atoms with Crippen molar-refractivity contribution in [2.24, 2.45) is 5.73 Å². The van der Waals surface area contributed by atoms with Gasteiger partial charge in [-0.15, -0.1) is 11.6 Å². The van der Waals surface area contributed by atoms with Crippen molar-refractivity contribution < 1.29 is 38.3 Å². The highest BCUT2D eigenvalue weighted by atomic mass is 35.5. The molecule has 0 bridgehead atoms. The number of alkyl halides is 1. The number of nitrogens with zero attached hydrogens (tertiary/aromatic N) is 1. The van der Waals surface area contributed by atoms with E-state index in [1.807, 2.05) is 0 Å². The number of rotatable bonds is 19. The predicted molar refractivity (Wildman–Crippen MR) is 181 cm³/mol. The summed E-state index contributed by atoms with van der Waals surface area (Å²) in [5.41, 5.74) is 7.66. The van der Waals surface area contributed by atoms with E-state index in [9.17, 15) is 33.6 Å². The predicted octanol–water partition coefficient (Wildman–Crippen LogP) is 2.65. The molecule has 0 unspecified atom stereocenters. The summed E-state index contributed by atoms with van der Waals surface area (Å²) in [5, 5.41) is 12.9. The summed E-state index contributed by atoms with van der Waals surface area (Å²) in [6, 6.07) is 11.9. The molecule has 1 heterocycles. The molecule has 49 heavy (non-hydrogen) atoms. The highest BCUT2D eigenvalue weighted by Crippen LogP contribution is 2.14. The average molecular weight is 698 g/mol. The minimum absolute atomic E-state index is 0.0184. The van der Waals surface area contributed by atoms with Gasteiger partial charge in [0.05, 0.1) is 6.54 Å². The van der Waals surface area contributed by atoms with Gasteiger partial charge in [0, 0.05) is 48.9 Å². The van der Waals surface area contributed by atoms with Crippen LogP contribution in [0.2, 0.25) is 0 Å². The Morgan fingerprint density at radius 1 is 0.776 bits per heavy atom. The van der Waals surface area contributed by atoms with E-state index in [0.717, 1.165) is 10.5 Å². The Balaban J connectivity index is 1.42. The van der Waals surface area contributed by atoms with Crippen LogP contribution in [0.5, 0.6) is 0 Å². The maximum atomic E-state index is 13.1. The number of hydrogen-bond acceptors (Lipinski definition) is 8. The standard InChI is InChI=1S/C33H40ClN7O8/c34-19-22-7-11-25(12-8-22)39-33(48)49-21-23-9-13-24(14-10-23)38-31(46)26(5-4-17-36-32(35)47)40-28(43)20-37-27(42)6-2-1-3-18-41-29(44)15-16-30(41)45/h7-16,26H,1-6,17-21H2,(H,37,42)(H,38,46)(H,39,48)(H,40,43)(H3,35,36,47)/t26-/m0/s1. The van der Waals surface area contributed by atoms with Crippen molar-refractivity contribution in [3.63, 3.8) is 0 Å². The molecular weight excluding hydrogens is 658 g/mol. The SMILES string of the molecule is NC(=O)NCCC[C@H](NC(=O)CNC(=O)CCCCCN1C(=O)C=CC1=O)C(=O)Nc1ccc(COC(=O)Nc2ccc(CCl)cc2)cc1. The number of urea groups is 1. The number of ether oxygens (including phenoxy) is 1. The molecule has 15 nitrogen and oxygen atoms in total. The molecule has 0 radical (unpaired) electrons. The molecule has 1 atom stereocenters. The van der Waals surface area contributed by atoms with Gasteiger partial charge in [0.25, 0.3) is 11.8 Å². The molecule has 3 rings (SSSR count). The Bertz CT molecular complexity index is 1500. The topological polar surface area (TPSA) is 218 Å².